The number of nitrogens with one attached hydrogen (secondary N) is 2. The highest BCUT2D eigenvalue weighted by Crippen LogP contribution is 2.31. The van der Waals surface area contributed by atoms with E-state index in [0.717, 1.165) is 43.0 Å². The smallest absolute Gasteiger partial charge is 0.475 e. The first kappa shape index (κ1) is 30.2. The van der Waals surface area contributed by atoms with Crippen molar-refractivity contribution in [1.29, 1.82) is 0 Å². The summed E-state index contributed by atoms with van der Waals surface area (Å²) in [5.74, 6) is -2.88. The van der Waals surface area contributed by atoms with E-state index in [0.29, 0.717) is 37.6 Å². The molecule has 0 aliphatic carbocycles. The van der Waals surface area contributed by atoms with Crippen LogP contribution in [0.5, 0.6) is 0 Å². The topological polar surface area (TPSA) is 128 Å². The average molecular weight is 573 g/mol. The number of hydrogen-bond donors (Lipinski definition) is 3. The molecule has 2 aromatic carbocycles. The van der Waals surface area contributed by atoms with Crippen molar-refractivity contribution < 1.29 is 41.0 Å². The number of hydrogen-bond acceptors (Lipinski definition) is 7. The zero-order valence-corrected chi connectivity index (χ0v) is 22.4. The molecule has 2 aliphatic heterocycles. The van der Waals surface area contributed by atoms with Crippen LogP contribution in [0.1, 0.15) is 21.5 Å². The number of anilines is 2. The monoisotopic (exact) mass is 572 g/mol. The standard InChI is InChI=1S/C23H30N4O4S.C2HF3O2/c1-17-3-5-20(15-18(17)2)32(29,30)25-21-16-19(23(28)27-11-13-31-14-12-27)4-6-22(21)26-9-7-24-8-10-26;3-2(4,5)1(6)7/h3-6,15-16,24-25H,7-14H2,1-2H3;(H,6,7). The van der Waals surface area contributed by atoms with Gasteiger partial charge in [0.25, 0.3) is 15.9 Å². The van der Waals surface area contributed by atoms with Crippen molar-refractivity contribution >= 4 is 33.3 Å². The van der Waals surface area contributed by atoms with Crippen molar-refractivity contribution in [3.63, 3.8) is 0 Å². The van der Waals surface area contributed by atoms with Gasteiger partial charge < -0.3 is 25.0 Å². The summed E-state index contributed by atoms with van der Waals surface area (Å²) in [6.07, 6.45) is -5.08. The number of amides is 1. The largest absolute Gasteiger partial charge is 0.490 e. The first-order valence-electron chi connectivity index (χ1n) is 12.2. The van der Waals surface area contributed by atoms with Gasteiger partial charge in [-0.25, -0.2) is 13.2 Å². The van der Waals surface area contributed by atoms with E-state index in [2.05, 4.69) is 14.9 Å². The molecule has 2 aliphatic rings. The minimum absolute atomic E-state index is 0.119. The third-order valence-corrected chi connectivity index (χ3v) is 7.64. The molecule has 0 radical (unpaired) electrons. The van der Waals surface area contributed by atoms with Crippen molar-refractivity contribution in [3.8, 4) is 0 Å². The quantitative estimate of drug-likeness (QED) is 0.499. The van der Waals surface area contributed by atoms with Gasteiger partial charge in [0.05, 0.1) is 29.5 Å². The van der Waals surface area contributed by atoms with Crippen molar-refractivity contribution in [1.82, 2.24) is 10.2 Å². The van der Waals surface area contributed by atoms with E-state index in [4.69, 9.17) is 14.6 Å². The number of morpholine rings is 1. The van der Waals surface area contributed by atoms with Crippen LogP contribution in [-0.4, -0.2) is 89.0 Å². The second-order valence-electron chi connectivity index (χ2n) is 9.03. The van der Waals surface area contributed by atoms with Crippen LogP contribution in [0, 0.1) is 13.8 Å². The third kappa shape index (κ3) is 8.07. The molecule has 39 heavy (non-hydrogen) atoms. The highest BCUT2D eigenvalue weighted by molar-refractivity contribution is 7.92. The van der Waals surface area contributed by atoms with Crippen molar-refractivity contribution in [2.24, 2.45) is 0 Å². The fourth-order valence-electron chi connectivity index (χ4n) is 3.97. The summed E-state index contributed by atoms with van der Waals surface area (Å²) in [6.45, 7) is 9.07. The number of benzene rings is 2. The van der Waals surface area contributed by atoms with Gasteiger partial charge in [-0.3, -0.25) is 9.52 Å². The lowest BCUT2D eigenvalue weighted by Crippen LogP contribution is -2.44. The molecule has 2 heterocycles. The van der Waals surface area contributed by atoms with E-state index in [1.807, 2.05) is 19.9 Å². The Morgan fingerprint density at radius 2 is 1.59 bits per heavy atom. The van der Waals surface area contributed by atoms with Crippen molar-refractivity contribution in [2.45, 2.75) is 24.9 Å². The Labute approximate surface area is 224 Å². The fraction of sp³-hybridized carbons (Fsp3) is 0.440. The number of carbonyl (C=O) groups is 2. The molecule has 0 bridgehead atoms. The lowest BCUT2D eigenvalue weighted by Gasteiger charge is -2.32. The molecule has 214 valence electrons. The van der Waals surface area contributed by atoms with Gasteiger partial charge in [-0.1, -0.05) is 6.07 Å². The van der Waals surface area contributed by atoms with Gasteiger partial charge in [-0.2, -0.15) is 13.2 Å². The second kappa shape index (κ2) is 12.7. The maximum Gasteiger partial charge on any atom is 0.490 e. The Bertz CT molecular complexity index is 1290. The first-order valence-corrected chi connectivity index (χ1v) is 13.6. The van der Waals surface area contributed by atoms with Crippen LogP contribution in [0.2, 0.25) is 0 Å². The Morgan fingerprint density at radius 1 is 0.974 bits per heavy atom. The van der Waals surface area contributed by atoms with Gasteiger partial charge in [0.2, 0.25) is 0 Å². The fourth-order valence-corrected chi connectivity index (χ4v) is 5.12. The molecule has 2 saturated heterocycles. The Balaban J connectivity index is 0.000000532. The summed E-state index contributed by atoms with van der Waals surface area (Å²) in [5, 5.41) is 10.4. The van der Waals surface area contributed by atoms with Gasteiger partial charge in [-0.15, -0.1) is 0 Å². The van der Waals surface area contributed by atoms with E-state index in [1.165, 1.54) is 0 Å². The summed E-state index contributed by atoms with van der Waals surface area (Å²) in [5.41, 5.74) is 3.60. The number of sulfonamides is 1. The van der Waals surface area contributed by atoms with E-state index < -0.39 is 22.2 Å². The van der Waals surface area contributed by atoms with Crippen LogP contribution in [0.3, 0.4) is 0 Å². The molecule has 2 aromatic rings. The molecular formula is C25H31F3N4O6S. The molecule has 0 aromatic heterocycles. The number of rotatable bonds is 5. The van der Waals surface area contributed by atoms with Crippen molar-refractivity contribution in [3.05, 3.63) is 53.1 Å². The highest BCUT2D eigenvalue weighted by atomic mass is 32.2. The number of nitrogens with zero attached hydrogens (tertiary/aromatic N) is 2. The third-order valence-electron chi connectivity index (χ3n) is 6.27. The van der Waals surface area contributed by atoms with Crippen LogP contribution in [0.4, 0.5) is 24.5 Å². The number of carboxylic acid groups (broad SMARTS) is 1. The summed E-state index contributed by atoms with van der Waals surface area (Å²) in [4.78, 5) is 26.0. The molecule has 0 saturated carbocycles. The van der Waals surface area contributed by atoms with Gasteiger partial charge in [0, 0.05) is 44.8 Å². The first-order chi connectivity index (χ1) is 18.3. The maximum absolute atomic E-state index is 13.2. The van der Waals surface area contributed by atoms with Crippen LogP contribution in [-0.2, 0) is 19.6 Å². The average Bonchev–Trinajstić information content (AvgIpc) is 2.90. The summed E-state index contributed by atoms with van der Waals surface area (Å²) in [7, 11) is -3.82. The molecule has 0 spiro atoms. The van der Waals surface area contributed by atoms with E-state index in [9.17, 15) is 26.4 Å². The second-order valence-corrected chi connectivity index (χ2v) is 10.7. The van der Waals surface area contributed by atoms with Gasteiger partial charge in [0.1, 0.15) is 0 Å². The Hall–Kier alpha value is -3.36. The molecule has 14 heteroatoms. The Morgan fingerprint density at radius 3 is 2.15 bits per heavy atom. The van der Waals surface area contributed by atoms with Crippen LogP contribution < -0.4 is 14.9 Å². The van der Waals surface area contributed by atoms with E-state index in [1.54, 1.807) is 35.2 Å². The van der Waals surface area contributed by atoms with Crippen LogP contribution in [0.15, 0.2) is 41.3 Å². The number of aliphatic carboxylic acids is 1. The highest BCUT2D eigenvalue weighted by Gasteiger charge is 2.38. The number of piperazine rings is 1. The normalized spacial score (nSPS) is 16.2. The van der Waals surface area contributed by atoms with Crippen molar-refractivity contribution in [2.75, 3.05) is 62.1 Å². The molecule has 1 amide bonds. The number of ether oxygens (including phenoxy) is 1. The molecule has 2 fully saturated rings. The lowest BCUT2D eigenvalue weighted by molar-refractivity contribution is -0.192. The molecule has 3 N–H and O–H groups in total. The SMILES string of the molecule is Cc1ccc(S(=O)(=O)Nc2cc(C(=O)N3CCOCC3)ccc2N2CCNCC2)cc1C.O=C(O)C(F)(F)F. The zero-order chi connectivity index (χ0) is 28.8. The van der Waals surface area contributed by atoms with E-state index in [-0.39, 0.29) is 10.8 Å². The molecule has 0 atom stereocenters. The van der Waals surface area contributed by atoms with E-state index >= 15 is 0 Å². The number of carboxylic acids is 1. The zero-order valence-electron chi connectivity index (χ0n) is 21.5. The minimum Gasteiger partial charge on any atom is -0.475 e. The Kier molecular flexibility index (Phi) is 9.80. The number of carbonyl (C=O) groups excluding carboxylic acids is 1. The van der Waals surface area contributed by atoms with Gasteiger partial charge in [0.15, 0.2) is 0 Å². The minimum atomic E-state index is -5.08. The predicted molar refractivity (Wildman–Crippen MR) is 139 cm³/mol. The lowest BCUT2D eigenvalue weighted by atomic mass is 10.1. The van der Waals surface area contributed by atoms with Gasteiger partial charge in [-0.05, 0) is 55.3 Å². The molecule has 0 unspecified atom stereocenters. The van der Waals surface area contributed by atoms with Crippen LogP contribution in [0.25, 0.3) is 0 Å². The maximum atomic E-state index is 13.2. The van der Waals surface area contributed by atoms with Gasteiger partial charge >= 0.3 is 12.1 Å². The molecular weight excluding hydrogens is 541 g/mol. The molecule has 4 rings (SSSR count). The number of alkyl halides is 3. The summed E-state index contributed by atoms with van der Waals surface area (Å²) < 4.78 is 66.3. The van der Waals surface area contributed by atoms with Crippen LogP contribution >= 0.6 is 0 Å². The number of halogens is 3. The summed E-state index contributed by atoms with van der Waals surface area (Å²) in [6, 6.07) is 10.4. The number of aryl methyl sites for hydroxylation is 2. The predicted octanol–water partition coefficient (Wildman–Crippen LogP) is 2.62. The summed E-state index contributed by atoms with van der Waals surface area (Å²) >= 11 is 0. The molecule has 10 nitrogen and oxygen atoms in total.